The summed E-state index contributed by atoms with van der Waals surface area (Å²) >= 11 is 0. The van der Waals surface area contributed by atoms with Crippen LogP contribution < -0.4 is 14.5 Å². The molecular weight excluding hydrogens is 463 g/mol. The van der Waals surface area contributed by atoms with E-state index < -0.39 is 5.41 Å². The van der Waals surface area contributed by atoms with E-state index in [4.69, 9.17) is 4.74 Å². The molecule has 0 aromatic heterocycles. The lowest BCUT2D eigenvalue weighted by atomic mass is 9.63. The van der Waals surface area contributed by atoms with Crippen molar-refractivity contribution in [2.24, 2.45) is 0 Å². The number of esters is 1. The normalized spacial score (nSPS) is 16.4. The van der Waals surface area contributed by atoms with Gasteiger partial charge in [0.25, 0.3) is 0 Å². The molecule has 1 heterocycles. The van der Waals surface area contributed by atoms with E-state index in [1.165, 1.54) is 12.1 Å². The van der Waals surface area contributed by atoms with Crippen molar-refractivity contribution in [2.75, 3.05) is 38.0 Å². The molecule has 1 aliphatic heterocycles. The highest BCUT2D eigenvalue weighted by atomic mass is 19.1. The number of para-hydroxylation sites is 1. The van der Waals surface area contributed by atoms with Gasteiger partial charge in [-0.3, -0.25) is 4.79 Å². The Morgan fingerprint density at radius 3 is 1.86 bits per heavy atom. The standard InChI is InChI=1S/C32H31FN2O2/c1-34(2)26-16-12-23(13-17-26)30(24-14-18-27(19-15-24)35(3)4)32(21-22-8-7-9-25(33)20-22)28-10-5-6-11-29(28)37-31(32)36/h5-20,30H,21H2,1-4H3/t32-/m1/s1. The van der Waals surface area contributed by atoms with Gasteiger partial charge in [0.2, 0.25) is 0 Å². The molecule has 0 unspecified atom stereocenters. The Morgan fingerprint density at radius 2 is 1.32 bits per heavy atom. The Hall–Kier alpha value is -4.12. The number of carbonyl (C=O) groups excluding carboxylic acids is 1. The van der Waals surface area contributed by atoms with Gasteiger partial charge in [-0.15, -0.1) is 0 Å². The van der Waals surface area contributed by atoms with Crippen molar-refractivity contribution in [2.45, 2.75) is 17.8 Å². The summed E-state index contributed by atoms with van der Waals surface area (Å²) in [6.45, 7) is 0. The number of ether oxygens (including phenoxy) is 1. The molecule has 0 radical (unpaired) electrons. The summed E-state index contributed by atoms with van der Waals surface area (Å²) in [5.74, 6) is -0.450. The van der Waals surface area contributed by atoms with E-state index in [1.807, 2.05) is 68.3 Å². The minimum Gasteiger partial charge on any atom is -0.426 e. The zero-order chi connectivity index (χ0) is 26.2. The second-order valence-electron chi connectivity index (χ2n) is 10.1. The lowest BCUT2D eigenvalue weighted by Gasteiger charge is -2.36. The molecular formula is C32H31FN2O2. The predicted octanol–water partition coefficient (Wildman–Crippen LogP) is 6.19. The van der Waals surface area contributed by atoms with E-state index in [-0.39, 0.29) is 17.7 Å². The molecule has 188 valence electrons. The molecule has 4 aromatic rings. The molecule has 5 heteroatoms. The molecule has 0 saturated carbocycles. The highest BCUT2D eigenvalue weighted by Crippen LogP contribution is 2.53. The van der Waals surface area contributed by atoms with Gasteiger partial charge in [-0.1, -0.05) is 54.6 Å². The molecule has 0 saturated heterocycles. The lowest BCUT2D eigenvalue weighted by Crippen LogP contribution is -2.43. The van der Waals surface area contributed by atoms with Gasteiger partial charge in [0.05, 0.1) is 0 Å². The van der Waals surface area contributed by atoms with Crippen LogP contribution in [-0.2, 0) is 16.6 Å². The zero-order valence-corrected chi connectivity index (χ0v) is 21.6. The minimum absolute atomic E-state index is 0.302. The van der Waals surface area contributed by atoms with Crippen LogP contribution in [0.5, 0.6) is 5.75 Å². The predicted molar refractivity (Wildman–Crippen MR) is 147 cm³/mol. The summed E-state index contributed by atoms with van der Waals surface area (Å²) < 4.78 is 20.2. The average molecular weight is 495 g/mol. The number of rotatable bonds is 7. The maximum Gasteiger partial charge on any atom is 0.323 e. The van der Waals surface area contributed by atoms with Crippen LogP contribution in [-0.4, -0.2) is 34.2 Å². The van der Waals surface area contributed by atoms with Crippen LogP contribution in [0.15, 0.2) is 97.1 Å². The quantitative estimate of drug-likeness (QED) is 0.227. The fourth-order valence-electron chi connectivity index (χ4n) is 5.43. The first-order chi connectivity index (χ1) is 17.8. The van der Waals surface area contributed by atoms with E-state index >= 15 is 0 Å². The van der Waals surface area contributed by atoms with Gasteiger partial charge in [-0.25, -0.2) is 4.39 Å². The second-order valence-corrected chi connectivity index (χ2v) is 10.1. The summed E-state index contributed by atoms with van der Waals surface area (Å²) in [7, 11) is 8.01. The number of nitrogens with zero attached hydrogens (tertiary/aromatic N) is 2. The Balaban J connectivity index is 1.76. The monoisotopic (exact) mass is 494 g/mol. The maximum atomic E-state index is 14.3. The number of hydrogen-bond donors (Lipinski definition) is 0. The van der Waals surface area contributed by atoms with Crippen LogP contribution in [0.25, 0.3) is 0 Å². The first-order valence-electron chi connectivity index (χ1n) is 12.4. The fourth-order valence-corrected chi connectivity index (χ4v) is 5.43. The van der Waals surface area contributed by atoms with Crippen molar-refractivity contribution in [1.82, 2.24) is 0 Å². The molecule has 0 amide bonds. The molecule has 1 aliphatic rings. The van der Waals surface area contributed by atoms with E-state index in [9.17, 15) is 9.18 Å². The average Bonchev–Trinajstić information content (AvgIpc) is 3.16. The lowest BCUT2D eigenvalue weighted by molar-refractivity contribution is -0.138. The number of carbonyl (C=O) groups is 1. The Bertz CT molecular complexity index is 1360. The third-order valence-electron chi connectivity index (χ3n) is 7.29. The molecule has 4 nitrogen and oxygen atoms in total. The molecule has 0 bridgehead atoms. The molecule has 5 rings (SSSR count). The van der Waals surface area contributed by atoms with E-state index in [2.05, 4.69) is 48.5 Å². The van der Waals surface area contributed by atoms with Crippen molar-refractivity contribution >= 4 is 17.3 Å². The molecule has 0 aliphatic carbocycles. The van der Waals surface area contributed by atoms with Gasteiger partial charge in [0.15, 0.2) is 0 Å². The molecule has 4 aromatic carbocycles. The molecule has 37 heavy (non-hydrogen) atoms. The van der Waals surface area contributed by atoms with Gasteiger partial charge in [0, 0.05) is 51.0 Å². The van der Waals surface area contributed by atoms with Gasteiger partial charge in [-0.05, 0) is 65.6 Å². The third kappa shape index (κ3) is 4.46. The summed E-state index contributed by atoms with van der Waals surface area (Å²) in [6.07, 6.45) is 0.302. The third-order valence-corrected chi connectivity index (χ3v) is 7.29. The molecule has 0 N–H and O–H groups in total. The van der Waals surface area contributed by atoms with Gasteiger partial charge in [-0.2, -0.15) is 0 Å². The first-order valence-corrected chi connectivity index (χ1v) is 12.4. The van der Waals surface area contributed by atoms with Crippen LogP contribution in [0.1, 0.15) is 28.2 Å². The van der Waals surface area contributed by atoms with Crippen molar-refractivity contribution < 1.29 is 13.9 Å². The van der Waals surface area contributed by atoms with Gasteiger partial charge in [0.1, 0.15) is 17.0 Å². The Kier molecular flexibility index (Phi) is 6.46. The van der Waals surface area contributed by atoms with Gasteiger partial charge < -0.3 is 14.5 Å². The van der Waals surface area contributed by atoms with Crippen LogP contribution in [0.4, 0.5) is 15.8 Å². The SMILES string of the molecule is CN(C)c1ccc(C(c2ccc(N(C)C)cc2)[C@]2(Cc3cccc(F)c3)C(=O)Oc3ccccc32)cc1. The Labute approximate surface area is 217 Å². The van der Waals surface area contributed by atoms with Crippen molar-refractivity contribution in [3.8, 4) is 5.75 Å². The number of hydrogen-bond acceptors (Lipinski definition) is 4. The summed E-state index contributed by atoms with van der Waals surface area (Å²) in [4.78, 5) is 18.1. The van der Waals surface area contributed by atoms with Crippen molar-refractivity contribution in [3.05, 3.63) is 125 Å². The largest absolute Gasteiger partial charge is 0.426 e. The molecule has 0 fully saturated rings. The minimum atomic E-state index is -1.08. The van der Waals surface area contributed by atoms with Crippen LogP contribution >= 0.6 is 0 Å². The van der Waals surface area contributed by atoms with Crippen LogP contribution in [0.3, 0.4) is 0 Å². The zero-order valence-electron chi connectivity index (χ0n) is 21.6. The summed E-state index contributed by atoms with van der Waals surface area (Å²) in [6, 6.07) is 30.7. The first kappa shape index (κ1) is 24.6. The van der Waals surface area contributed by atoms with Crippen LogP contribution in [0, 0.1) is 5.82 Å². The van der Waals surface area contributed by atoms with E-state index in [0.29, 0.717) is 12.2 Å². The van der Waals surface area contributed by atoms with E-state index in [0.717, 1.165) is 33.6 Å². The number of fused-ring (bicyclic) bond motifs is 1. The van der Waals surface area contributed by atoms with Crippen molar-refractivity contribution in [3.63, 3.8) is 0 Å². The fraction of sp³-hybridized carbons (Fsp3) is 0.219. The van der Waals surface area contributed by atoms with Crippen molar-refractivity contribution in [1.29, 1.82) is 0 Å². The number of halogens is 1. The Morgan fingerprint density at radius 1 is 0.757 bits per heavy atom. The topological polar surface area (TPSA) is 32.8 Å². The number of anilines is 2. The number of benzene rings is 4. The van der Waals surface area contributed by atoms with Gasteiger partial charge >= 0.3 is 5.97 Å². The second kappa shape index (κ2) is 9.74. The van der Waals surface area contributed by atoms with Crippen LogP contribution in [0.2, 0.25) is 0 Å². The highest BCUT2D eigenvalue weighted by Gasteiger charge is 2.55. The summed E-state index contributed by atoms with van der Waals surface area (Å²) in [5, 5.41) is 0. The van der Waals surface area contributed by atoms with E-state index in [1.54, 1.807) is 6.07 Å². The summed E-state index contributed by atoms with van der Waals surface area (Å²) in [5.41, 5.74) is 4.61. The molecule has 1 atom stereocenters. The highest BCUT2D eigenvalue weighted by molar-refractivity contribution is 5.93. The smallest absolute Gasteiger partial charge is 0.323 e. The molecule has 0 spiro atoms. The maximum absolute atomic E-state index is 14.3.